The summed E-state index contributed by atoms with van der Waals surface area (Å²) in [5.74, 6) is -0.739. The molecule has 1 aromatic rings. The van der Waals surface area contributed by atoms with E-state index in [1.807, 2.05) is 19.1 Å². The fraction of sp³-hybridized carbons (Fsp3) is 0.400. The third kappa shape index (κ3) is 2.96. The van der Waals surface area contributed by atoms with Crippen LogP contribution in [-0.2, 0) is 9.59 Å². The molecule has 2 heterocycles. The van der Waals surface area contributed by atoms with Crippen molar-refractivity contribution in [2.75, 3.05) is 25.0 Å². The van der Waals surface area contributed by atoms with Crippen molar-refractivity contribution < 1.29 is 14.4 Å². The van der Waals surface area contributed by atoms with Crippen LogP contribution in [0.3, 0.4) is 0 Å². The van der Waals surface area contributed by atoms with Crippen molar-refractivity contribution >= 4 is 39.5 Å². The second-order valence-electron chi connectivity index (χ2n) is 5.84. The topological polar surface area (TPSA) is 90.5 Å². The monoisotopic (exact) mass is 380 g/mol. The zero-order chi connectivity index (χ0) is 16.6. The molecule has 1 unspecified atom stereocenters. The number of carbonyl (C=O) groups excluding carboxylic acids is 3. The first-order valence-electron chi connectivity index (χ1n) is 7.32. The largest absolute Gasteiger partial charge is 0.325 e. The predicted molar refractivity (Wildman–Crippen MR) is 88.0 cm³/mol. The van der Waals surface area contributed by atoms with Crippen LogP contribution in [0, 0.1) is 6.92 Å². The molecule has 3 rings (SSSR count). The van der Waals surface area contributed by atoms with Gasteiger partial charge < -0.3 is 16.0 Å². The second-order valence-corrected chi connectivity index (χ2v) is 6.75. The smallest absolute Gasteiger partial charge is 0.324 e. The number of benzene rings is 1. The van der Waals surface area contributed by atoms with Gasteiger partial charge in [0.05, 0.1) is 0 Å². The maximum absolute atomic E-state index is 12.5. The Kier molecular flexibility index (Phi) is 4.11. The number of amides is 4. The van der Waals surface area contributed by atoms with Gasteiger partial charge in [-0.05, 0) is 43.7 Å². The summed E-state index contributed by atoms with van der Waals surface area (Å²) in [6, 6.07) is 4.95. The van der Waals surface area contributed by atoms with Crippen LogP contribution in [0.1, 0.15) is 12.0 Å². The molecule has 0 radical (unpaired) electrons. The zero-order valence-corrected chi connectivity index (χ0v) is 14.2. The highest BCUT2D eigenvalue weighted by Crippen LogP contribution is 2.24. The number of carbonyl (C=O) groups is 3. The summed E-state index contributed by atoms with van der Waals surface area (Å²) in [6.45, 7) is 2.65. The number of hydrogen-bond donors (Lipinski definition) is 3. The molecule has 2 fully saturated rings. The minimum absolute atomic E-state index is 0.290. The van der Waals surface area contributed by atoms with Crippen LogP contribution in [0.5, 0.6) is 0 Å². The second kappa shape index (κ2) is 5.93. The molecule has 23 heavy (non-hydrogen) atoms. The van der Waals surface area contributed by atoms with Gasteiger partial charge in [0.15, 0.2) is 0 Å². The Labute approximate surface area is 141 Å². The Hall–Kier alpha value is -1.93. The van der Waals surface area contributed by atoms with Crippen LogP contribution >= 0.6 is 15.9 Å². The third-order valence-corrected chi connectivity index (χ3v) is 4.66. The molecule has 2 aliphatic heterocycles. The van der Waals surface area contributed by atoms with Crippen molar-refractivity contribution in [3.05, 3.63) is 28.2 Å². The van der Waals surface area contributed by atoms with Gasteiger partial charge in [-0.3, -0.25) is 14.5 Å². The maximum Gasteiger partial charge on any atom is 0.325 e. The summed E-state index contributed by atoms with van der Waals surface area (Å²) in [5.41, 5.74) is 0.661. The molecule has 0 bridgehead atoms. The Morgan fingerprint density at radius 3 is 2.87 bits per heavy atom. The fourth-order valence-electron chi connectivity index (χ4n) is 2.90. The van der Waals surface area contributed by atoms with Gasteiger partial charge in [0.25, 0.3) is 5.91 Å². The highest BCUT2D eigenvalue weighted by Gasteiger charge is 2.52. The van der Waals surface area contributed by atoms with E-state index in [0.717, 1.165) is 14.9 Å². The van der Waals surface area contributed by atoms with Crippen LogP contribution in [0.25, 0.3) is 0 Å². The van der Waals surface area contributed by atoms with Gasteiger partial charge in [0.1, 0.15) is 12.1 Å². The first-order valence-corrected chi connectivity index (χ1v) is 8.11. The van der Waals surface area contributed by atoms with E-state index in [9.17, 15) is 14.4 Å². The Morgan fingerprint density at radius 1 is 1.43 bits per heavy atom. The molecule has 2 saturated heterocycles. The van der Waals surface area contributed by atoms with E-state index in [-0.39, 0.29) is 12.5 Å². The molecule has 1 spiro atoms. The number of imide groups is 1. The first kappa shape index (κ1) is 15.9. The van der Waals surface area contributed by atoms with Crippen molar-refractivity contribution in [1.82, 2.24) is 15.5 Å². The Bertz CT molecular complexity index is 685. The highest BCUT2D eigenvalue weighted by molar-refractivity contribution is 9.10. The van der Waals surface area contributed by atoms with E-state index in [1.54, 1.807) is 6.07 Å². The van der Waals surface area contributed by atoms with Crippen molar-refractivity contribution in [3.8, 4) is 0 Å². The summed E-state index contributed by atoms with van der Waals surface area (Å²) in [5, 5.41) is 8.51. The van der Waals surface area contributed by atoms with E-state index < -0.39 is 17.5 Å². The summed E-state index contributed by atoms with van der Waals surface area (Å²) in [6.07, 6.45) is 0.543. The average molecular weight is 381 g/mol. The van der Waals surface area contributed by atoms with Gasteiger partial charge in [0, 0.05) is 16.7 Å². The van der Waals surface area contributed by atoms with Crippen LogP contribution in [0.4, 0.5) is 10.5 Å². The van der Waals surface area contributed by atoms with Gasteiger partial charge in [-0.1, -0.05) is 15.9 Å². The normalized spacial score (nSPS) is 23.5. The van der Waals surface area contributed by atoms with E-state index in [4.69, 9.17) is 0 Å². The van der Waals surface area contributed by atoms with Crippen LogP contribution < -0.4 is 16.0 Å². The molecule has 0 aliphatic carbocycles. The highest BCUT2D eigenvalue weighted by atomic mass is 79.9. The molecule has 0 saturated carbocycles. The average Bonchev–Trinajstić information content (AvgIpc) is 3.04. The van der Waals surface area contributed by atoms with E-state index in [2.05, 4.69) is 31.9 Å². The summed E-state index contributed by atoms with van der Waals surface area (Å²) in [7, 11) is 0. The number of aryl methyl sites for hydroxylation is 1. The zero-order valence-electron chi connectivity index (χ0n) is 12.6. The molecule has 4 amide bonds. The summed E-state index contributed by atoms with van der Waals surface area (Å²) in [4.78, 5) is 37.7. The molecule has 8 heteroatoms. The van der Waals surface area contributed by atoms with E-state index >= 15 is 0 Å². The van der Waals surface area contributed by atoms with Gasteiger partial charge >= 0.3 is 6.03 Å². The van der Waals surface area contributed by atoms with Gasteiger partial charge in [0.2, 0.25) is 5.91 Å². The van der Waals surface area contributed by atoms with Crippen LogP contribution in [-0.4, -0.2) is 47.9 Å². The molecule has 1 aromatic carbocycles. The molecular weight excluding hydrogens is 364 g/mol. The molecule has 3 N–H and O–H groups in total. The maximum atomic E-state index is 12.5. The quantitative estimate of drug-likeness (QED) is 0.681. The molecule has 2 aliphatic rings. The number of anilines is 1. The lowest BCUT2D eigenvalue weighted by Gasteiger charge is -2.19. The van der Waals surface area contributed by atoms with Gasteiger partial charge in [-0.15, -0.1) is 0 Å². The Morgan fingerprint density at radius 2 is 2.22 bits per heavy atom. The lowest BCUT2D eigenvalue weighted by atomic mass is 9.99. The van der Waals surface area contributed by atoms with Gasteiger partial charge in [-0.2, -0.15) is 0 Å². The first-order chi connectivity index (χ1) is 10.9. The van der Waals surface area contributed by atoms with Crippen LogP contribution in [0.15, 0.2) is 22.7 Å². The summed E-state index contributed by atoms with van der Waals surface area (Å²) >= 11 is 3.36. The lowest BCUT2D eigenvalue weighted by Crippen LogP contribution is -2.49. The Balaban J connectivity index is 1.68. The fourth-order valence-corrected chi connectivity index (χ4v) is 3.38. The molecule has 122 valence electrons. The van der Waals surface area contributed by atoms with Crippen LogP contribution in [0.2, 0.25) is 0 Å². The van der Waals surface area contributed by atoms with Crippen molar-refractivity contribution in [1.29, 1.82) is 0 Å². The van der Waals surface area contributed by atoms with Crippen molar-refractivity contribution in [3.63, 3.8) is 0 Å². The number of rotatable bonds is 3. The standard InChI is InChI=1S/C15H17BrN4O3/c1-9-6-10(16)2-3-11(9)18-12(21)7-20-13(22)15(19-14(20)23)4-5-17-8-15/h2-3,6,17H,4-5,7-8H2,1H3,(H,18,21)(H,19,23). The van der Waals surface area contributed by atoms with Crippen molar-refractivity contribution in [2.24, 2.45) is 0 Å². The molecule has 1 atom stereocenters. The number of nitrogens with zero attached hydrogens (tertiary/aromatic N) is 1. The van der Waals surface area contributed by atoms with Crippen molar-refractivity contribution in [2.45, 2.75) is 18.9 Å². The molecule has 0 aromatic heterocycles. The minimum atomic E-state index is -0.884. The van der Waals surface area contributed by atoms with E-state index in [1.165, 1.54) is 0 Å². The molecule has 7 nitrogen and oxygen atoms in total. The molecular formula is C15H17BrN4O3. The number of urea groups is 1. The lowest BCUT2D eigenvalue weighted by molar-refractivity contribution is -0.133. The van der Waals surface area contributed by atoms with E-state index in [0.29, 0.717) is 25.2 Å². The number of nitrogens with one attached hydrogen (secondary N) is 3. The summed E-state index contributed by atoms with van der Waals surface area (Å²) < 4.78 is 0.915. The third-order valence-electron chi connectivity index (χ3n) is 4.17. The number of hydrogen-bond acceptors (Lipinski definition) is 4. The SMILES string of the molecule is Cc1cc(Br)ccc1NC(=O)CN1C(=O)NC2(CCNC2)C1=O. The van der Waals surface area contributed by atoms with Gasteiger partial charge in [-0.25, -0.2) is 4.79 Å². The minimum Gasteiger partial charge on any atom is -0.324 e. The predicted octanol–water partition coefficient (Wildman–Crippen LogP) is 0.980. The number of halogens is 1.